The van der Waals surface area contributed by atoms with Gasteiger partial charge in [0.05, 0.1) is 0 Å². The Morgan fingerprint density at radius 1 is 1.19 bits per heavy atom. The quantitative estimate of drug-likeness (QED) is 0.616. The maximum atomic E-state index is 11.9. The summed E-state index contributed by atoms with van der Waals surface area (Å²) in [6.45, 7) is 0. The van der Waals surface area contributed by atoms with Crippen molar-refractivity contribution < 1.29 is 29.7 Å². The maximum absolute atomic E-state index is 11.9. The van der Waals surface area contributed by atoms with Crippen molar-refractivity contribution in [2.24, 2.45) is 0 Å². The minimum absolute atomic E-state index is 0.0393. The Morgan fingerprint density at radius 3 is 2.24 bits per heavy atom. The molecule has 0 fully saturated rings. The first kappa shape index (κ1) is 16.3. The van der Waals surface area contributed by atoms with Crippen LogP contribution in [0.5, 0.6) is 5.75 Å². The lowest BCUT2D eigenvalue weighted by atomic mass is 10.1. The second kappa shape index (κ2) is 7.13. The molecule has 0 aliphatic heterocycles. The predicted molar refractivity (Wildman–Crippen MR) is 73.3 cm³/mol. The van der Waals surface area contributed by atoms with Gasteiger partial charge in [-0.1, -0.05) is 0 Å². The third-order valence-corrected chi connectivity index (χ3v) is 2.78. The van der Waals surface area contributed by atoms with Crippen molar-refractivity contribution >= 4 is 23.7 Å². The first-order valence-corrected chi connectivity index (χ1v) is 6.09. The first-order chi connectivity index (χ1) is 9.81. The highest BCUT2D eigenvalue weighted by Crippen LogP contribution is 2.17. The Balaban J connectivity index is 2.70. The van der Waals surface area contributed by atoms with E-state index in [0.29, 0.717) is 5.69 Å². The topological polar surface area (TPSA) is 127 Å². The summed E-state index contributed by atoms with van der Waals surface area (Å²) in [7, 11) is 1.43. The van der Waals surface area contributed by atoms with Crippen LogP contribution in [-0.4, -0.2) is 46.4 Å². The van der Waals surface area contributed by atoms with Crippen molar-refractivity contribution in [2.75, 3.05) is 11.9 Å². The minimum atomic E-state index is -1.30. The smallest absolute Gasteiger partial charge is 0.326 e. The molecular weight excluding hydrogens is 280 g/mol. The van der Waals surface area contributed by atoms with Crippen LogP contribution in [0.25, 0.3) is 0 Å². The van der Waals surface area contributed by atoms with Crippen LogP contribution in [0.1, 0.15) is 12.8 Å². The van der Waals surface area contributed by atoms with E-state index in [1.54, 1.807) is 0 Å². The van der Waals surface area contributed by atoms with Crippen molar-refractivity contribution in [3.8, 4) is 5.75 Å². The van der Waals surface area contributed by atoms with Crippen LogP contribution in [0.3, 0.4) is 0 Å². The van der Waals surface area contributed by atoms with Gasteiger partial charge in [-0.05, 0) is 30.7 Å². The number of rotatable bonds is 6. The molecule has 0 aliphatic rings. The number of anilines is 1. The molecule has 4 N–H and O–H groups in total. The summed E-state index contributed by atoms with van der Waals surface area (Å²) in [5.74, 6) is -2.40. The number of benzene rings is 1. The van der Waals surface area contributed by atoms with Gasteiger partial charge in [0, 0.05) is 19.2 Å². The summed E-state index contributed by atoms with van der Waals surface area (Å²) in [4.78, 5) is 34.5. The molecular formula is C13H16N2O6. The molecule has 0 spiro atoms. The van der Waals surface area contributed by atoms with Crippen LogP contribution in [0.2, 0.25) is 0 Å². The van der Waals surface area contributed by atoms with E-state index in [9.17, 15) is 14.4 Å². The lowest BCUT2D eigenvalue weighted by molar-refractivity contribution is -0.140. The molecule has 8 nitrogen and oxygen atoms in total. The number of phenolic OH excluding ortho intramolecular Hbond substituents is 1. The van der Waals surface area contributed by atoms with Crippen LogP contribution in [0.4, 0.5) is 10.5 Å². The van der Waals surface area contributed by atoms with Crippen LogP contribution in [0.15, 0.2) is 24.3 Å². The van der Waals surface area contributed by atoms with E-state index in [-0.39, 0.29) is 18.6 Å². The third-order valence-electron chi connectivity index (χ3n) is 2.78. The molecule has 2 amide bonds. The number of aromatic hydroxyl groups is 1. The molecule has 0 saturated heterocycles. The van der Waals surface area contributed by atoms with E-state index in [1.807, 2.05) is 0 Å². The summed E-state index contributed by atoms with van der Waals surface area (Å²) in [6, 6.07) is 3.78. The van der Waals surface area contributed by atoms with Crippen molar-refractivity contribution in [2.45, 2.75) is 18.9 Å². The Hall–Kier alpha value is -2.77. The predicted octanol–water partition coefficient (Wildman–Crippen LogP) is 0.856. The highest BCUT2D eigenvalue weighted by Gasteiger charge is 2.23. The molecule has 0 saturated carbocycles. The number of carbonyl (C=O) groups excluding carboxylic acids is 1. The van der Waals surface area contributed by atoms with Gasteiger partial charge >= 0.3 is 18.0 Å². The number of aliphatic carboxylic acids is 2. The number of urea groups is 1. The lowest BCUT2D eigenvalue weighted by Crippen LogP contribution is -2.47. The number of carbonyl (C=O) groups is 3. The van der Waals surface area contributed by atoms with E-state index in [2.05, 4.69) is 5.32 Å². The normalized spacial score (nSPS) is 11.5. The molecule has 21 heavy (non-hydrogen) atoms. The van der Waals surface area contributed by atoms with Gasteiger partial charge in [0.2, 0.25) is 0 Å². The van der Waals surface area contributed by atoms with Gasteiger partial charge in [-0.25, -0.2) is 9.59 Å². The van der Waals surface area contributed by atoms with E-state index in [0.717, 1.165) is 4.90 Å². The third kappa shape index (κ3) is 5.01. The molecule has 8 heteroatoms. The van der Waals surface area contributed by atoms with E-state index < -0.39 is 24.0 Å². The number of phenols is 1. The van der Waals surface area contributed by atoms with Gasteiger partial charge in [-0.3, -0.25) is 9.69 Å². The molecule has 0 radical (unpaired) electrons. The van der Waals surface area contributed by atoms with E-state index in [1.165, 1.54) is 31.3 Å². The van der Waals surface area contributed by atoms with Crippen molar-refractivity contribution in [1.29, 1.82) is 0 Å². The Kier molecular flexibility index (Phi) is 5.53. The zero-order chi connectivity index (χ0) is 16.0. The standard InChI is InChI=1S/C13H16N2O6/c1-15(8-2-4-9(16)5-3-8)13(21)14-10(12(19)20)6-7-11(17)18/h2-5,10,16H,6-7H2,1H3,(H,14,21)(H,17,18)(H,19,20). The zero-order valence-corrected chi connectivity index (χ0v) is 11.3. The van der Waals surface area contributed by atoms with Crippen LogP contribution >= 0.6 is 0 Å². The van der Waals surface area contributed by atoms with Gasteiger partial charge in [0.1, 0.15) is 11.8 Å². The average molecular weight is 296 g/mol. The van der Waals surface area contributed by atoms with Gasteiger partial charge < -0.3 is 20.6 Å². The highest BCUT2D eigenvalue weighted by atomic mass is 16.4. The number of carboxylic acid groups (broad SMARTS) is 2. The fourth-order valence-corrected chi connectivity index (χ4v) is 1.56. The molecule has 0 aromatic heterocycles. The number of nitrogens with zero attached hydrogens (tertiary/aromatic N) is 1. The molecule has 1 unspecified atom stereocenters. The molecule has 0 bridgehead atoms. The second-order valence-electron chi connectivity index (χ2n) is 4.35. The van der Waals surface area contributed by atoms with Gasteiger partial charge in [0.25, 0.3) is 0 Å². The van der Waals surface area contributed by atoms with E-state index in [4.69, 9.17) is 15.3 Å². The minimum Gasteiger partial charge on any atom is -0.508 e. The SMILES string of the molecule is CN(C(=O)NC(CCC(=O)O)C(=O)O)c1ccc(O)cc1. The fraction of sp³-hybridized carbons (Fsp3) is 0.308. The highest BCUT2D eigenvalue weighted by molar-refractivity contribution is 5.94. The van der Waals surface area contributed by atoms with E-state index >= 15 is 0 Å². The summed E-state index contributed by atoms with van der Waals surface area (Å²) in [6.07, 6.45) is -0.569. The maximum Gasteiger partial charge on any atom is 0.326 e. The van der Waals surface area contributed by atoms with Crippen LogP contribution in [0, 0.1) is 0 Å². The Morgan fingerprint density at radius 2 is 1.76 bits per heavy atom. The van der Waals surface area contributed by atoms with Gasteiger partial charge in [-0.2, -0.15) is 0 Å². The molecule has 0 heterocycles. The molecule has 114 valence electrons. The number of carboxylic acids is 2. The zero-order valence-electron chi connectivity index (χ0n) is 11.3. The lowest BCUT2D eigenvalue weighted by Gasteiger charge is -2.21. The number of amides is 2. The Labute approximate surface area is 120 Å². The summed E-state index contributed by atoms with van der Waals surface area (Å²) in [5.41, 5.74) is 0.452. The average Bonchev–Trinajstić information content (AvgIpc) is 2.42. The van der Waals surface area contributed by atoms with Gasteiger partial charge in [0.15, 0.2) is 0 Å². The van der Waals surface area contributed by atoms with Crippen molar-refractivity contribution in [3.63, 3.8) is 0 Å². The fourth-order valence-electron chi connectivity index (χ4n) is 1.56. The molecule has 0 aliphatic carbocycles. The second-order valence-corrected chi connectivity index (χ2v) is 4.35. The molecule has 1 aromatic rings. The monoisotopic (exact) mass is 296 g/mol. The molecule has 1 aromatic carbocycles. The molecule has 1 rings (SSSR count). The Bertz CT molecular complexity index is 528. The summed E-state index contributed by atoms with van der Waals surface area (Å²) < 4.78 is 0. The number of nitrogens with one attached hydrogen (secondary N) is 1. The first-order valence-electron chi connectivity index (χ1n) is 6.09. The summed E-state index contributed by atoms with van der Waals surface area (Å²) in [5, 5.41) is 28.9. The summed E-state index contributed by atoms with van der Waals surface area (Å²) >= 11 is 0. The van der Waals surface area contributed by atoms with Crippen molar-refractivity contribution in [1.82, 2.24) is 5.32 Å². The van der Waals surface area contributed by atoms with Crippen LogP contribution < -0.4 is 10.2 Å². The van der Waals surface area contributed by atoms with Gasteiger partial charge in [-0.15, -0.1) is 0 Å². The van der Waals surface area contributed by atoms with Crippen molar-refractivity contribution in [3.05, 3.63) is 24.3 Å². The largest absolute Gasteiger partial charge is 0.508 e. The number of hydrogen-bond donors (Lipinski definition) is 4. The van der Waals surface area contributed by atoms with Crippen LogP contribution in [-0.2, 0) is 9.59 Å². The number of hydrogen-bond acceptors (Lipinski definition) is 4. The molecule has 1 atom stereocenters.